The summed E-state index contributed by atoms with van der Waals surface area (Å²) < 4.78 is 1.74. The van der Waals surface area contributed by atoms with Crippen molar-refractivity contribution in [2.45, 2.75) is 19.4 Å². The van der Waals surface area contributed by atoms with Crippen molar-refractivity contribution in [3.8, 4) is 0 Å². The predicted octanol–water partition coefficient (Wildman–Crippen LogP) is 1.65. The van der Waals surface area contributed by atoms with Crippen LogP contribution in [0, 0.1) is 0 Å². The molecular weight excluding hydrogens is 242 g/mol. The molecule has 0 fully saturated rings. The van der Waals surface area contributed by atoms with Gasteiger partial charge in [-0.1, -0.05) is 0 Å². The number of Topliss-reactive ketones (excluding diaryl/α,β-unsaturated/α-hetero) is 1. The fourth-order valence-electron chi connectivity index (χ4n) is 2.19. The predicted molar refractivity (Wildman–Crippen MR) is 70.0 cm³/mol. The van der Waals surface area contributed by atoms with Gasteiger partial charge in [0.1, 0.15) is 0 Å². The number of nitrogens with one attached hydrogen (secondary N) is 1. The number of benzene rings is 1. The van der Waals surface area contributed by atoms with E-state index in [0.717, 1.165) is 11.3 Å². The molecule has 0 radical (unpaired) electrons. The molecule has 2 heterocycles. The number of fused-ring (bicyclic) bond motifs is 1. The Morgan fingerprint density at radius 3 is 3.05 bits per heavy atom. The molecule has 1 aliphatic heterocycles. The van der Waals surface area contributed by atoms with Gasteiger partial charge in [0.2, 0.25) is 5.91 Å². The fraction of sp³-hybridized carbons (Fsp3) is 0.214. The number of hydrogen-bond acceptors (Lipinski definition) is 3. The number of aryl methyl sites for hydroxylation is 1. The lowest BCUT2D eigenvalue weighted by Crippen LogP contribution is -2.19. The molecular formula is C14H13N3O2. The lowest BCUT2D eigenvalue weighted by atomic mass is 9.99. The number of carbonyl (C=O) groups excluding carboxylic acids is 2. The maximum Gasteiger partial charge on any atom is 0.224 e. The summed E-state index contributed by atoms with van der Waals surface area (Å²) in [6, 6.07) is 5.42. The Kier molecular flexibility index (Phi) is 2.87. The Bertz CT molecular complexity index is 632. The molecule has 1 amide bonds. The molecule has 5 heteroatoms. The first-order valence-corrected chi connectivity index (χ1v) is 6.14. The van der Waals surface area contributed by atoms with Crippen molar-refractivity contribution in [3.05, 3.63) is 48.0 Å². The van der Waals surface area contributed by atoms with Crippen LogP contribution in [0.4, 0.5) is 5.69 Å². The van der Waals surface area contributed by atoms with Crippen LogP contribution in [-0.2, 0) is 17.8 Å². The minimum Gasteiger partial charge on any atom is -0.330 e. The van der Waals surface area contributed by atoms with Crippen LogP contribution in [0.1, 0.15) is 22.3 Å². The smallest absolute Gasteiger partial charge is 0.224 e. The lowest BCUT2D eigenvalue weighted by Gasteiger charge is -2.17. The van der Waals surface area contributed by atoms with Crippen molar-refractivity contribution < 1.29 is 9.59 Å². The Hall–Kier alpha value is -2.43. The molecule has 19 heavy (non-hydrogen) atoms. The maximum atomic E-state index is 12.1. The standard InChI is InChI=1S/C14H13N3O2/c18-13(8-17-6-5-15-9-17)11-1-3-12-10(7-11)2-4-14(19)16-12/h1,3,5-7,9H,2,4,8H2,(H,16,19). The molecule has 1 aromatic carbocycles. The molecule has 2 aromatic rings. The van der Waals surface area contributed by atoms with Crippen LogP contribution in [0.25, 0.3) is 0 Å². The van der Waals surface area contributed by atoms with Gasteiger partial charge in [0.15, 0.2) is 5.78 Å². The van der Waals surface area contributed by atoms with Gasteiger partial charge in [-0.3, -0.25) is 9.59 Å². The number of rotatable bonds is 3. The van der Waals surface area contributed by atoms with Crippen molar-refractivity contribution in [1.29, 1.82) is 0 Å². The van der Waals surface area contributed by atoms with Gasteiger partial charge in [0.05, 0.1) is 12.9 Å². The third kappa shape index (κ3) is 2.40. The first-order valence-electron chi connectivity index (χ1n) is 6.14. The van der Waals surface area contributed by atoms with Gasteiger partial charge < -0.3 is 9.88 Å². The molecule has 3 rings (SSSR count). The van der Waals surface area contributed by atoms with Crippen LogP contribution < -0.4 is 5.32 Å². The highest BCUT2D eigenvalue weighted by Gasteiger charge is 2.16. The summed E-state index contributed by atoms with van der Waals surface area (Å²) in [6.45, 7) is 0.283. The number of anilines is 1. The maximum absolute atomic E-state index is 12.1. The molecule has 0 saturated carbocycles. The van der Waals surface area contributed by atoms with Crippen LogP contribution in [0.5, 0.6) is 0 Å². The van der Waals surface area contributed by atoms with Gasteiger partial charge in [0.25, 0.3) is 0 Å². The van der Waals surface area contributed by atoms with Gasteiger partial charge in [-0.15, -0.1) is 0 Å². The first-order chi connectivity index (χ1) is 9.22. The van der Waals surface area contributed by atoms with E-state index < -0.39 is 0 Å². The third-order valence-electron chi connectivity index (χ3n) is 3.21. The van der Waals surface area contributed by atoms with E-state index in [4.69, 9.17) is 0 Å². The molecule has 1 aliphatic rings. The summed E-state index contributed by atoms with van der Waals surface area (Å²) in [6.07, 6.45) is 6.20. The molecule has 5 nitrogen and oxygen atoms in total. The average molecular weight is 255 g/mol. The Morgan fingerprint density at radius 1 is 1.37 bits per heavy atom. The summed E-state index contributed by atoms with van der Waals surface area (Å²) >= 11 is 0. The number of aromatic nitrogens is 2. The summed E-state index contributed by atoms with van der Waals surface area (Å²) in [7, 11) is 0. The normalized spacial score (nSPS) is 13.8. The van der Waals surface area contributed by atoms with Crippen molar-refractivity contribution >= 4 is 17.4 Å². The monoisotopic (exact) mass is 255 g/mol. The number of carbonyl (C=O) groups is 2. The molecule has 1 aromatic heterocycles. The van der Waals surface area contributed by atoms with Crippen molar-refractivity contribution in [1.82, 2.24) is 9.55 Å². The van der Waals surface area contributed by atoms with E-state index in [2.05, 4.69) is 10.3 Å². The zero-order chi connectivity index (χ0) is 13.2. The average Bonchev–Trinajstić information content (AvgIpc) is 2.91. The van der Waals surface area contributed by atoms with E-state index >= 15 is 0 Å². The molecule has 0 spiro atoms. The van der Waals surface area contributed by atoms with Gasteiger partial charge in [-0.25, -0.2) is 4.98 Å². The van der Waals surface area contributed by atoms with Gasteiger partial charge in [-0.05, 0) is 30.2 Å². The number of amides is 1. The van der Waals surface area contributed by atoms with Crippen LogP contribution >= 0.6 is 0 Å². The zero-order valence-electron chi connectivity index (χ0n) is 10.3. The SMILES string of the molecule is O=C1CCc2cc(C(=O)Cn3ccnc3)ccc2N1. The fourth-order valence-corrected chi connectivity index (χ4v) is 2.19. The highest BCUT2D eigenvalue weighted by atomic mass is 16.1. The highest BCUT2D eigenvalue weighted by molar-refractivity contribution is 5.98. The summed E-state index contributed by atoms with van der Waals surface area (Å²) in [5, 5.41) is 2.81. The largest absolute Gasteiger partial charge is 0.330 e. The van der Waals surface area contributed by atoms with E-state index in [0.29, 0.717) is 18.4 Å². The topological polar surface area (TPSA) is 64.0 Å². The van der Waals surface area contributed by atoms with E-state index in [1.807, 2.05) is 6.07 Å². The van der Waals surface area contributed by atoms with Gasteiger partial charge in [0, 0.05) is 30.1 Å². The van der Waals surface area contributed by atoms with Crippen LogP contribution in [0.15, 0.2) is 36.9 Å². The quantitative estimate of drug-likeness (QED) is 0.848. The summed E-state index contributed by atoms with van der Waals surface area (Å²) in [5.41, 5.74) is 2.51. The first kappa shape index (κ1) is 11.6. The van der Waals surface area contributed by atoms with E-state index in [-0.39, 0.29) is 18.2 Å². The van der Waals surface area contributed by atoms with Crippen molar-refractivity contribution in [3.63, 3.8) is 0 Å². The second-order valence-corrected chi connectivity index (χ2v) is 4.58. The van der Waals surface area contributed by atoms with Gasteiger partial charge in [-0.2, -0.15) is 0 Å². The van der Waals surface area contributed by atoms with Crippen molar-refractivity contribution in [2.75, 3.05) is 5.32 Å². The number of hydrogen-bond donors (Lipinski definition) is 1. The third-order valence-corrected chi connectivity index (χ3v) is 3.21. The molecule has 0 aliphatic carbocycles. The molecule has 1 N–H and O–H groups in total. The minimum atomic E-state index is 0.0324. The lowest BCUT2D eigenvalue weighted by molar-refractivity contribution is -0.116. The van der Waals surface area contributed by atoms with E-state index in [1.165, 1.54) is 0 Å². The number of nitrogens with zero attached hydrogens (tertiary/aromatic N) is 2. The second kappa shape index (κ2) is 4.68. The van der Waals surface area contributed by atoms with E-state index in [1.54, 1.807) is 35.4 Å². The Balaban J connectivity index is 1.82. The Morgan fingerprint density at radius 2 is 2.26 bits per heavy atom. The molecule has 0 unspecified atom stereocenters. The molecule has 0 bridgehead atoms. The van der Waals surface area contributed by atoms with Crippen LogP contribution in [0.2, 0.25) is 0 Å². The molecule has 0 atom stereocenters. The van der Waals surface area contributed by atoms with Gasteiger partial charge >= 0.3 is 0 Å². The molecule has 96 valence electrons. The summed E-state index contributed by atoms with van der Waals surface area (Å²) in [5.74, 6) is 0.0719. The van der Waals surface area contributed by atoms with Crippen LogP contribution in [-0.4, -0.2) is 21.2 Å². The summed E-state index contributed by atoms with van der Waals surface area (Å²) in [4.78, 5) is 27.3. The Labute approximate surface area is 110 Å². The van der Waals surface area contributed by atoms with Crippen LogP contribution in [0.3, 0.4) is 0 Å². The second-order valence-electron chi connectivity index (χ2n) is 4.58. The van der Waals surface area contributed by atoms with E-state index in [9.17, 15) is 9.59 Å². The number of imidazole rings is 1. The molecule has 0 saturated heterocycles. The zero-order valence-corrected chi connectivity index (χ0v) is 10.3. The van der Waals surface area contributed by atoms with Crippen molar-refractivity contribution in [2.24, 2.45) is 0 Å². The minimum absolute atomic E-state index is 0.0324. The number of ketones is 1. The highest BCUT2D eigenvalue weighted by Crippen LogP contribution is 2.23.